The summed E-state index contributed by atoms with van der Waals surface area (Å²) in [5.74, 6) is 0. The van der Waals surface area contributed by atoms with Crippen molar-refractivity contribution in [3.05, 3.63) is 263 Å². The molecule has 0 spiro atoms. The van der Waals surface area contributed by atoms with Gasteiger partial charge in [-0.2, -0.15) is 52.7 Å². The van der Waals surface area contributed by atoms with Crippen LogP contribution in [0, 0.1) is 56.7 Å². The molecule has 0 fully saturated rings. The largest absolute Gasteiger partial charge is 0.416 e. The molecule has 0 aliphatic rings. The first-order chi connectivity index (χ1) is 41.6. The Bertz CT molecular complexity index is 4980. The standard InChI is InChI=1S/C73H37F6N7/c74-72(75,76)58-30-57(31-59(37-58)73(77,78)79)55-20-25-69(85-65-21-16-51(47-10-1-6-43(26-47)38-80)32-60(65)61-33-52(17-22-66(61)85)48-11-2-7-44(27-48)39-81)64(36-55)71-56(42-84)14-5-15-70(71)86-67-23-18-53(49-12-3-8-45(28-49)40-82)34-62(67)63-35-54(19-24-68(63)86)50-13-4-9-46(29-50)41-83/h1-37H. The Kier molecular flexibility index (Phi) is 12.9. The molecule has 0 N–H and O–H groups in total. The zero-order valence-electron chi connectivity index (χ0n) is 44.8. The van der Waals surface area contributed by atoms with Gasteiger partial charge in [0, 0.05) is 32.7 Å². The summed E-state index contributed by atoms with van der Waals surface area (Å²) in [7, 11) is 0. The van der Waals surface area contributed by atoms with E-state index in [9.17, 15) is 52.7 Å². The molecule has 0 amide bonds. The highest BCUT2D eigenvalue weighted by Gasteiger charge is 2.37. The van der Waals surface area contributed by atoms with Crippen LogP contribution in [0.2, 0.25) is 0 Å². The van der Waals surface area contributed by atoms with Crippen LogP contribution in [-0.4, -0.2) is 9.13 Å². The minimum absolute atomic E-state index is 0.00478. The van der Waals surface area contributed by atoms with Crippen molar-refractivity contribution >= 4 is 43.6 Å². The molecule has 0 aliphatic heterocycles. The van der Waals surface area contributed by atoms with E-state index in [-0.39, 0.29) is 28.3 Å². The van der Waals surface area contributed by atoms with E-state index in [2.05, 4.69) is 30.3 Å². The minimum Gasteiger partial charge on any atom is -0.309 e. The molecule has 11 aromatic carbocycles. The number of benzene rings is 11. The predicted molar refractivity (Wildman–Crippen MR) is 321 cm³/mol. The number of rotatable bonds is 8. The summed E-state index contributed by atoms with van der Waals surface area (Å²) in [6.07, 6.45) is -10.3. The first-order valence-corrected chi connectivity index (χ1v) is 26.8. The van der Waals surface area contributed by atoms with Gasteiger partial charge in [-0.05, 0) is 195 Å². The fourth-order valence-electron chi connectivity index (χ4n) is 11.7. The Hall–Kier alpha value is -12.0. The van der Waals surface area contributed by atoms with Crippen LogP contribution < -0.4 is 0 Å². The zero-order chi connectivity index (χ0) is 59.6. The molecule has 0 bridgehead atoms. The number of hydrogen-bond acceptors (Lipinski definition) is 5. The van der Waals surface area contributed by atoms with E-state index < -0.39 is 23.5 Å². The van der Waals surface area contributed by atoms with Crippen LogP contribution >= 0.6 is 0 Å². The molecule has 0 radical (unpaired) electrons. The highest BCUT2D eigenvalue weighted by Crippen LogP contribution is 2.47. The molecule has 7 nitrogen and oxygen atoms in total. The van der Waals surface area contributed by atoms with Crippen LogP contribution in [0.5, 0.6) is 0 Å². The van der Waals surface area contributed by atoms with E-state index in [4.69, 9.17) is 0 Å². The summed E-state index contributed by atoms with van der Waals surface area (Å²) >= 11 is 0. The Morgan fingerprint density at radius 2 is 0.605 bits per heavy atom. The van der Waals surface area contributed by atoms with Gasteiger partial charge in [0.05, 0.1) is 103 Å². The SMILES string of the molecule is N#Cc1cccc(-c2ccc3c(c2)c2cc(-c4cccc(C#N)c4)ccc2n3-c2ccc(-c3cc(C(F)(F)F)cc(C(F)(F)F)c3)cc2-c2c(C#N)cccc2-n2c3ccc(-c4cccc(C#N)c4)cc3c3cc(-c4cccc(C#N)c4)ccc32)c1. The van der Waals surface area contributed by atoms with E-state index in [1.54, 1.807) is 97.1 Å². The molecule has 406 valence electrons. The van der Waals surface area contributed by atoms with Gasteiger partial charge in [0.1, 0.15) is 0 Å². The normalized spacial score (nSPS) is 11.5. The number of aromatic nitrogens is 2. The third-order valence-electron chi connectivity index (χ3n) is 15.7. The summed E-state index contributed by atoms with van der Waals surface area (Å²) < 4.78 is 92.2. The topological polar surface area (TPSA) is 129 Å². The van der Waals surface area contributed by atoms with Crippen molar-refractivity contribution in [2.24, 2.45) is 0 Å². The van der Waals surface area contributed by atoms with Crippen molar-refractivity contribution in [3.8, 4) is 108 Å². The zero-order valence-corrected chi connectivity index (χ0v) is 44.8. The molecule has 13 aromatic rings. The van der Waals surface area contributed by atoms with Crippen LogP contribution in [0.25, 0.3) is 122 Å². The van der Waals surface area contributed by atoms with Crippen LogP contribution in [-0.2, 0) is 12.4 Å². The molecule has 13 heteroatoms. The maximum Gasteiger partial charge on any atom is 0.416 e. The Morgan fingerprint density at radius 3 is 0.953 bits per heavy atom. The number of nitriles is 5. The molecule has 0 saturated heterocycles. The smallest absolute Gasteiger partial charge is 0.309 e. The second kappa shape index (κ2) is 20.8. The number of fused-ring (bicyclic) bond motifs is 6. The van der Waals surface area contributed by atoms with Gasteiger partial charge >= 0.3 is 12.4 Å². The second-order valence-electron chi connectivity index (χ2n) is 20.7. The quantitative estimate of drug-likeness (QED) is 0.140. The molecule has 0 aliphatic carbocycles. The van der Waals surface area contributed by atoms with Crippen molar-refractivity contribution in [1.29, 1.82) is 26.3 Å². The van der Waals surface area contributed by atoms with Crippen LogP contribution in [0.1, 0.15) is 38.9 Å². The van der Waals surface area contributed by atoms with Crippen molar-refractivity contribution in [2.45, 2.75) is 12.4 Å². The fraction of sp³-hybridized carbons (Fsp3) is 0.0274. The van der Waals surface area contributed by atoms with Crippen molar-refractivity contribution in [2.75, 3.05) is 0 Å². The maximum absolute atomic E-state index is 14.7. The lowest BCUT2D eigenvalue weighted by Gasteiger charge is -2.21. The molecule has 0 atom stereocenters. The Labute approximate surface area is 487 Å². The van der Waals surface area contributed by atoms with Gasteiger partial charge in [-0.1, -0.05) is 84.9 Å². The van der Waals surface area contributed by atoms with Gasteiger partial charge in [-0.3, -0.25) is 0 Å². The first-order valence-electron chi connectivity index (χ1n) is 26.8. The van der Waals surface area contributed by atoms with Crippen molar-refractivity contribution in [3.63, 3.8) is 0 Å². The summed E-state index contributed by atoms with van der Waals surface area (Å²) in [6, 6.07) is 74.7. The summed E-state index contributed by atoms with van der Waals surface area (Å²) in [5.41, 5.74) is 8.85. The monoisotopic (exact) mass is 1130 g/mol. The fourth-order valence-corrected chi connectivity index (χ4v) is 11.7. The van der Waals surface area contributed by atoms with Gasteiger partial charge < -0.3 is 9.13 Å². The number of hydrogen-bond donors (Lipinski definition) is 0. The lowest BCUT2D eigenvalue weighted by atomic mass is 9.91. The third kappa shape index (κ3) is 9.37. The maximum atomic E-state index is 14.7. The Morgan fingerprint density at radius 1 is 0.279 bits per heavy atom. The first kappa shape index (κ1) is 53.4. The molecular weight excluding hydrogens is 1090 g/mol. The average molecular weight is 1130 g/mol. The van der Waals surface area contributed by atoms with Crippen molar-refractivity contribution in [1.82, 2.24) is 9.13 Å². The third-order valence-corrected chi connectivity index (χ3v) is 15.7. The summed E-state index contributed by atoms with van der Waals surface area (Å²) in [4.78, 5) is 0. The van der Waals surface area contributed by atoms with Gasteiger partial charge in [0.2, 0.25) is 0 Å². The lowest BCUT2D eigenvalue weighted by Crippen LogP contribution is -2.11. The molecule has 13 rings (SSSR count). The summed E-state index contributed by atoms with van der Waals surface area (Å²) in [6.45, 7) is 0. The van der Waals surface area contributed by atoms with E-state index in [0.717, 1.165) is 66.1 Å². The van der Waals surface area contributed by atoms with Gasteiger partial charge in [-0.15, -0.1) is 0 Å². The van der Waals surface area contributed by atoms with Gasteiger partial charge in [0.15, 0.2) is 0 Å². The van der Waals surface area contributed by atoms with Gasteiger partial charge in [-0.25, -0.2) is 0 Å². The van der Waals surface area contributed by atoms with Crippen LogP contribution in [0.3, 0.4) is 0 Å². The lowest BCUT2D eigenvalue weighted by molar-refractivity contribution is -0.143. The number of nitrogens with zero attached hydrogens (tertiary/aromatic N) is 7. The van der Waals surface area contributed by atoms with Crippen molar-refractivity contribution < 1.29 is 26.3 Å². The Balaban J connectivity index is 1.14. The molecule has 2 heterocycles. The van der Waals surface area contributed by atoms with Gasteiger partial charge in [0.25, 0.3) is 0 Å². The van der Waals surface area contributed by atoms with Crippen LogP contribution in [0.15, 0.2) is 224 Å². The highest BCUT2D eigenvalue weighted by atomic mass is 19.4. The molecule has 0 unspecified atom stereocenters. The number of halogens is 6. The highest BCUT2D eigenvalue weighted by molar-refractivity contribution is 6.14. The molecule has 2 aromatic heterocycles. The van der Waals surface area contributed by atoms with E-state index >= 15 is 0 Å². The average Bonchev–Trinajstić information content (AvgIpc) is 1.82. The van der Waals surface area contributed by atoms with Crippen LogP contribution in [0.4, 0.5) is 26.3 Å². The second-order valence-corrected chi connectivity index (χ2v) is 20.7. The predicted octanol–water partition coefficient (Wildman–Crippen LogP) is 19.3. The number of alkyl halides is 6. The molecular formula is C73H37F6N7. The van der Waals surface area contributed by atoms with E-state index in [0.29, 0.717) is 73.4 Å². The minimum atomic E-state index is -5.15. The van der Waals surface area contributed by atoms with E-state index in [1.165, 1.54) is 6.07 Å². The van der Waals surface area contributed by atoms with E-state index in [1.807, 2.05) is 112 Å². The summed E-state index contributed by atoms with van der Waals surface area (Å²) in [5, 5.41) is 53.9. The molecule has 86 heavy (non-hydrogen) atoms. The molecule has 0 saturated carbocycles.